The molecule has 1 fully saturated rings. The average Bonchev–Trinajstić information content (AvgIpc) is 3.18. The molecule has 37 heavy (non-hydrogen) atoms. The standard InChI is InChI=1S/C25H35N5O6S/c1-16-9-17(2)24(18(3)10-16)37(34,35)29-21(25(32)33)13-28-23(31)15-36-20-11-19(30(4)14-20)12-27-22-7-5-6-8-26-22/h5-10,19-21,29H,11-15H2,1-4H3,(H,26,27)(H,28,31)(H,32,33). The molecule has 1 aliphatic rings. The molecule has 0 aliphatic carbocycles. The van der Waals surface area contributed by atoms with E-state index in [1.54, 1.807) is 32.2 Å². The highest BCUT2D eigenvalue weighted by molar-refractivity contribution is 7.89. The molecule has 1 aliphatic heterocycles. The number of aromatic nitrogens is 1. The van der Waals surface area contributed by atoms with Crippen LogP contribution in [0.3, 0.4) is 0 Å². The summed E-state index contributed by atoms with van der Waals surface area (Å²) in [7, 11) is -2.14. The highest BCUT2D eigenvalue weighted by Crippen LogP contribution is 2.22. The predicted molar refractivity (Wildman–Crippen MR) is 139 cm³/mol. The number of likely N-dealkylation sites (tertiary alicyclic amines) is 1. The molecule has 3 unspecified atom stereocenters. The Morgan fingerprint density at radius 1 is 1.22 bits per heavy atom. The van der Waals surface area contributed by atoms with Crippen molar-refractivity contribution < 1.29 is 27.9 Å². The third kappa shape index (κ3) is 7.96. The third-order valence-electron chi connectivity index (χ3n) is 6.26. The molecule has 3 rings (SSSR count). The summed E-state index contributed by atoms with van der Waals surface area (Å²) in [6.45, 7) is 5.82. The zero-order valence-electron chi connectivity index (χ0n) is 21.5. The second kappa shape index (κ2) is 12.5. The molecule has 4 N–H and O–H groups in total. The normalized spacial score (nSPS) is 18.9. The Bertz CT molecular complexity index is 1180. The fourth-order valence-electron chi connectivity index (χ4n) is 4.55. The Morgan fingerprint density at radius 3 is 2.54 bits per heavy atom. The van der Waals surface area contributed by atoms with Crippen molar-refractivity contribution in [3.63, 3.8) is 0 Å². The monoisotopic (exact) mass is 533 g/mol. The summed E-state index contributed by atoms with van der Waals surface area (Å²) in [5.74, 6) is -1.13. The minimum absolute atomic E-state index is 0.0384. The summed E-state index contributed by atoms with van der Waals surface area (Å²) in [6, 6.07) is 7.75. The number of nitrogens with one attached hydrogen (secondary N) is 3. The van der Waals surface area contributed by atoms with Crippen LogP contribution in [0.25, 0.3) is 0 Å². The van der Waals surface area contributed by atoms with Crippen molar-refractivity contribution in [3.05, 3.63) is 53.2 Å². The van der Waals surface area contributed by atoms with E-state index >= 15 is 0 Å². The van der Waals surface area contributed by atoms with E-state index in [-0.39, 0.29) is 23.6 Å². The van der Waals surface area contributed by atoms with Gasteiger partial charge in [-0.15, -0.1) is 0 Å². The number of nitrogens with zero attached hydrogens (tertiary/aromatic N) is 2. The highest BCUT2D eigenvalue weighted by Gasteiger charge is 2.31. The van der Waals surface area contributed by atoms with Gasteiger partial charge in [-0.2, -0.15) is 4.72 Å². The van der Waals surface area contributed by atoms with Crippen LogP contribution in [-0.4, -0.2) is 86.8 Å². The van der Waals surface area contributed by atoms with Crippen molar-refractivity contribution >= 4 is 27.7 Å². The second-order valence-electron chi connectivity index (χ2n) is 9.40. The van der Waals surface area contributed by atoms with Crippen LogP contribution in [0.4, 0.5) is 5.82 Å². The van der Waals surface area contributed by atoms with E-state index in [2.05, 4.69) is 25.2 Å². The molecule has 1 aromatic carbocycles. The fourth-order valence-corrected chi connectivity index (χ4v) is 6.20. The molecule has 2 aromatic rings. The molecule has 3 atom stereocenters. The van der Waals surface area contributed by atoms with E-state index in [4.69, 9.17) is 4.74 Å². The maximum atomic E-state index is 12.9. The first kappa shape index (κ1) is 28.5. The lowest BCUT2D eigenvalue weighted by Gasteiger charge is -2.19. The minimum Gasteiger partial charge on any atom is -0.480 e. The topological polar surface area (TPSA) is 150 Å². The van der Waals surface area contributed by atoms with Gasteiger partial charge in [-0.25, -0.2) is 13.4 Å². The molecule has 1 saturated heterocycles. The first-order valence-corrected chi connectivity index (χ1v) is 13.5. The number of anilines is 1. The van der Waals surface area contributed by atoms with Crippen molar-refractivity contribution in [1.29, 1.82) is 0 Å². The lowest BCUT2D eigenvalue weighted by atomic mass is 10.1. The number of aliphatic carboxylic acids is 1. The van der Waals surface area contributed by atoms with E-state index in [1.807, 2.05) is 32.2 Å². The Morgan fingerprint density at radius 2 is 1.92 bits per heavy atom. The van der Waals surface area contributed by atoms with Crippen molar-refractivity contribution in [2.24, 2.45) is 0 Å². The summed E-state index contributed by atoms with van der Waals surface area (Å²) in [5, 5.41) is 15.3. The van der Waals surface area contributed by atoms with Gasteiger partial charge in [0.15, 0.2) is 0 Å². The van der Waals surface area contributed by atoms with Gasteiger partial charge in [0.05, 0.1) is 11.0 Å². The molecular formula is C25H35N5O6S. The number of sulfonamides is 1. The quantitative estimate of drug-likeness (QED) is 0.314. The Labute approximate surface area is 217 Å². The van der Waals surface area contributed by atoms with Crippen molar-refractivity contribution in [2.45, 2.75) is 50.3 Å². The van der Waals surface area contributed by atoms with E-state index in [0.717, 1.165) is 17.8 Å². The second-order valence-corrected chi connectivity index (χ2v) is 11.1. The van der Waals surface area contributed by atoms with Gasteiger partial charge in [-0.1, -0.05) is 23.8 Å². The van der Waals surface area contributed by atoms with Crippen LogP contribution in [0.1, 0.15) is 23.1 Å². The number of hydrogen-bond donors (Lipinski definition) is 4. The van der Waals surface area contributed by atoms with Crippen LogP contribution >= 0.6 is 0 Å². The number of amides is 1. The first-order chi connectivity index (χ1) is 17.5. The van der Waals surface area contributed by atoms with Crippen LogP contribution in [0, 0.1) is 20.8 Å². The molecule has 1 aromatic heterocycles. The van der Waals surface area contributed by atoms with Gasteiger partial charge < -0.3 is 20.5 Å². The van der Waals surface area contributed by atoms with Crippen LogP contribution in [-0.2, 0) is 24.3 Å². The number of pyridine rings is 1. The first-order valence-electron chi connectivity index (χ1n) is 12.0. The molecule has 1 amide bonds. The van der Waals surface area contributed by atoms with Crippen LogP contribution in [0.5, 0.6) is 0 Å². The SMILES string of the molecule is Cc1cc(C)c(S(=O)(=O)NC(CNC(=O)COC2CC(CNc3ccccn3)N(C)C2)C(=O)O)c(C)c1. The van der Waals surface area contributed by atoms with Gasteiger partial charge in [-0.05, 0) is 57.5 Å². The molecule has 2 heterocycles. The zero-order chi connectivity index (χ0) is 27.2. The number of rotatable bonds is 12. The number of carboxylic acids is 1. The Hall–Kier alpha value is -3.06. The highest BCUT2D eigenvalue weighted by atomic mass is 32.2. The average molecular weight is 534 g/mol. The fraction of sp³-hybridized carbons (Fsp3) is 0.480. The summed E-state index contributed by atoms with van der Waals surface area (Å²) in [4.78, 5) is 30.5. The lowest BCUT2D eigenvalue weighted by molar-refractivity contribution is -0.139. The van der Waals surface area contributed by atoms with Crippen molar-refractivity contribution in [2.75, 3.05) is 38.6 Å². The summed E-state index contributed by atoms with van der Waals surface area (Å²) in [6.07, 6.45) is 2.28. The van der Waals surface area contributed by atoms with Gasteiger partial charge in [0.1, 0.15) is 18.5 Å². The number of carbonyl (C=O) groups excluding carboxylic acids is 1. The number of carbonyl (C=O) groups is 2. The molecule has 0 radical (unpaired) electrons. The Balaban J connectivity index is 1.48. The van der Waals surface area contributed by atoms with E-state index in [0.29, 0.717) is 24.2 Å². The van der Waals surface area contributed by atoms with Crippen LogP contribution in [0.2, 0.25) is 0 Å². The number of hydrogen-bond acceptors (Lipinski definition) is 8. The largest absolute Gasteiger partial charge is 0.480 e. The molecule has 11 nitrogen and oxygen atoms in total. The molecule has 0 saturated carbocycles. The number of ether oxygens (including phenoxy) is 1. The van der Waals surface area contributed by atoms with Gasteiger partial charge in [0.2, 0.25) is 15.9 Å². The summed E-state index contributed by atoms with van der Waals surface area (Å²) < 4.78 is 33.8. The molecule has 0 spiro atoms. The maximum absolute atomic E-state index is 12.9. The number of carboxylic acid groups (broad SMARTS) is 1. The third-order valence-corrected chi connectivity index (χ3v) is 8.03. The number of benzene rings is 1. The summed E-state index contributed by atoms with van der Waals surface area (Å²) >= 11 is 0. The number of likely N-dealkylation sites (N-methyl/N-ethyl adjacent to an activating group) is 1. The van der Waals surface area contributed by atoms with Gasteiger partial charge >= 0.3 is 5.97 Å². The smallest absolute Gasteiger partial charge is 0.323 e. The van der Waals surface area contributed by atoms with E-state index in [9.17, 15) is 23.1 Å². The predicted octanol–water partition coefficient (Wildman–Crippen LogP) is 1.06. The molecule has 202 valence electrons. The van der Waals surface area contributed by atoms with Gasteiger partial charge in [0, 0.05) is 31.9 Å². The van der Waals surface area contributed by atoms with Crippen LogP contribution < -0.4 is 15.4 Å². The van der Waals surface area contributed by atoms with E-state index < -0.39 is 34.5 Å². The minimum atomic E-state index is -4.12. The van der Waals surface area contributed by atoms with Crippen molar-refractivity contribution in [3.8, 4) is 0 Å². The Kier molecular flexibility index (Phi) is 9.60. The zero-order valence-corrected chi connectivity index (χ0v) is 22.3. The van der Waals surface area contributed by atoms with Crippen molar-refractivity contribution in [1.82, 2.24) is 19.9 Å². The number of aryl methyl sites for hydroxylation is 3. The van der Waals surface area contributed by atoms with Gasteiger partial charge in [-0.3, -0.25) is 14.5 Å². The molecule has 0 bridgehead atoms. The lowest BCUT2D eigenvalue weighted by Crippen LogP contribution is -2.49. The maximum Gasteiger partial charge on any atom is 0.323 e. The van der Waals surface area contributed by atoms with Gasteiger partial charge in [0.25, 0.3) is 0 Å². The molecule has 12 heteroatoms. The summed E-state index contributed by atoms with van der Waals surface area (Å²) in [5.41, 5.74) is 1.93. The van der Waals surface area contributed by atoms with E-state index in [1.165, 1.54) is 0 Å². The van der Waals surface area contributed by atoms with Crippen LogP contribution in [0.15, 0.2) is 41.4 Å². The molecular weight excluding hydrogens is 498 g/mol.